The molecule has 0 aromatic carbocycles. The van der Waals surface area contributed by atoms with Gasteiger partial charge in [-0.25, -0.2) is 4.98 Å². The molecule has 0 radical (unpaired) electrons. The smallest absolute Gasteiger partial charge is 0.251 e. The fraction of sp³-hybridized carbons (Fsp3) is 0.600. The summed E-state index contributed by atoms with van der Waals surface area (Å²) >= 11 is 0. The van der Waals surface area contributed by atoms with Crippen LogP contribution in [-0.4, -0.2) is 30.1 Å². The number of aryl methyl sites for hydroxylation is 1. The van der Waals surface area contributed by atoms with Gasteiger partial charge in [-0.05, 0) is 37.8 Å². The Labute approximate surface area is 119 Å². The Morgan fingerprint density at radius 2 is 2.35 bits per heavy atom. The van der Waals surface area contributed by atoms with Crippen LogP contribution in [0.25, 0.3) is 0 Å². The van der Waals surface area contributed by atoms with Crippen molar-refractivity contribution in [3.05, 3.63) is 23.4 Å². The number of nitrogens with zero attached hydrogens (tertiary/aromatic N) is 1. The number of aromatic nitrogens is 1. The molecule has 1 amide bonds. The van der Waals surface area contributed by atoms with E-state index in [0.717, 1.165) is 38.0 Å². The third-order valence-electron chi connectivity index (χ3n) is 3.43. The third-order valence-corrected chi connectivity index (χ3v) is 3.43. The summed E-state index contributed by atoms with van der Waals surface area (Å²) in [5.41, 5.74) is 7.20. The molecule has 0 saturated carbocycles. The van der Waals surface area contributed by atoms with Gasteiger partial charge in [0.05, 0.1) is 6.10 Å². The first-order chi connectivity index (χ1) is 9.69. The number of ether oxygens (including phenoxy) is 1. The zero-order valence-electron chi connectivity index (χ0n) is 12.0. The van der Waals surface area contributed by atoms with Crippen molar-refractivity contribution in [1.29, 1.82) is 0 Å². The van der Waals surface area contributed by atoms with Gasteiger partial charge in [-0.15, -0.1) is 0 Å². The number of anilines is 1. The minimum absolute atomic E-state index is 0.106. The van der Waals surface area contributed by atoms with Gasteiger partial charge in [0.2, 0.25) is 0 Å². The average Bonchev–Trinajstić information content (AvgIpc) is 2.45. The Bertz CT molecular complexity index is 456. The number of rotatable bonds is 5. The van der Waals surface area contributed by atoms with Gasteiger partial charge in [0, 0.05) is 24.4 Å². The Morgan fingerprint density at radius 3 is 3.05 bits per heavy atom. The fourth-order valence-corrected chi connectivity index (χ4v) is 2.40. The molecule has 1 aromatic rings. The molecule has 1 fully saturated rings. The summed E-state index contributed by atoms with van der Waals surface area (Å²) in [7, 11) is 0. The maximum Gasteiger partial charge on any atom is 0.251 e. The molecule has 0 spiro atoms. The minimum Gasteiger partial charge on any atom is -0.384 e. The molecule has 20 heavy (non-hydrogen) atoms. The van der Waals surface area contributed by atoms with Gasteiger partial charge in [0.25, 0.3) is 5.91 Å². The molecule has 2 heterocycles. The van der Waals surface area contributed by atoms with Crippen LogP contribution >= 0.6 is 0 Å². The predicted octanol–water partition coefficient (Wildman–Crippen LogP) is 1.92. The molecule has 1 atom stereocenters. The zero-order valence-corrected chi connectivity index (χ0v) is 12.0. The van der Waals surface area contributed by atoms with Crippen LogP contribution < -0.4 is 11.1 Å². The molecule has 0 bridgehead atoms. The highest BCUT2D eigenvalue weighted by molar-refractivity contribution is 5.94. The lowest BCUT2D eigenvalue weighted by Crippen LogP contribution is -2.35. The fourth-order valence-electron chi connectivity index (χ4n) is 2.40. The van der Waals surface area contributed by atoms with Crippen molar-refractivity contribution in [2.45, 2.75) is 45.1 Å². The van der Waals surface area contributed by atoms with E-state index in [2.05, 4.69) is 17.2 Å². The highest BCUT2D eigenvalue weighted by atomic mass is 16.5. The van der Waals surface area contributed by atoms with E-state index < -0.39 is 0 Å². The Balaban J connectivity index is 1.93. The van der Waals surface area contributed by atoms with Crippen molar-refractivity contribution in [2.24, 2.45) is 0 Å². The second-order valence-corrected chi connectivity index (χ2v) is 5.22. The summed E-state index contributed by atoms with van der Waals surface area (Å²) in [6, 6.07) is 3.44. The van der Waals surface area contributed by atoms with Crippen molar-refractivity contribution < 1.29 is 9.53 Å². The molecule has 3 N–H and O–H groups in total. The van der Waals surface area contributed by atoms with E-state index in [0.29, 0.717) is 17.9 Å². The van der Waals surface area contributed by atoms with E-state index in [1.807, 2.05) is 6.07 Å². The normalized spacial score (nSPS) is 18.8. The SMILES string of the molecule is CCCc1cc(C(=O)NCC2CCCCO2)cc(N)n1. The molecule has 1 aromatic heterocycles. The maximum atomic E-state index is 12.1. The standard InChI is InChI=1S/C15H23N3O2/c1-2-5-12-8-11(9-14(16)18-12)15(19)17-10-13-6-3-4-7-20-13/h8-9,13H,2-7,10H2,1H3,(H2,16,18)(H,17,19). The van der Waals surface area contributed by atoms with Crippen LogP contribution in [0.15, 0.2) is 12.1 Å². The van der Waals surface area contributed by atoms with Crippen molar-refractivity contribution >= 4 is 11.7 Å². The first kappa shape index (κ1) is 14.8. The van der Waals surface area contributed by atoms with Gasteiger partial charge >= 0.3 is 0 Å². The molecule has 2 rings (SSSR count). The maximum absolute atomic E-state index is 12.1. The van der Waals surface area contributed by atoms with Gasteiger partial charge in [0.1, 0.15) is 5.82 Å². The number of nitrogens with two attached hydrogens (primary N) is 1. The number of hydrogen-bond donors (Lipinski definition) is 2. The molecule has 5 nitrogen and oxygen atoms in total. The van der Waals surface area contributed by atoms with Crippen molar-refractivity contribution in [3.8, 4) is 0 Å². The lowest BCUT2D eigenvalue weighted by molar-refractivity contribution is 0.0169. The Kier molecular flexibility index (Phi) is 5.35. The second-order valence-electron chi connectivity index (χ2n) is 5.22. The number of carbonyl (C=O) groups excluding carboxylic acids is 1. The molecule has 1 saturated heterocycles. The largest absolute Gasteiger partial charge is 0.384 e. The monoisotopic (exact) mass is 277 g/mol. The second kappa shape index (κ2) is 7.24. The van der Waals surface area contributed by atoms with Gasteiger partial charge in [-0.2, -0.15) is 0 Å². The third kappa shape index (κ3) is 4.20. The number of hydrogen-bond acceptors (Lipinski definition) is 4. The molecule has 1 aliphatic heterocycles. The molecule has 0 aliphatic carbocycles. The molecule has 1 unspecified atom stereocenters. The van der Waals surface area contributed by atoms with Crippen molar-refractivity contribution in [3.63, 3.8) is 0 Å². The van der Waals surface area contributed by atoms with E-state index in [1.54, 1.807) is 6.07 Å². The van der Waals surface area contributed by atoms with Crippen LogP contribution in [0.2, 0.25) is 0 Å². The summed E-state index contributed by atoms with van der Waals surface area (Å²) < 4.78 is 5.60. The van der Waals surface area contributed by atoms with Crippen molar-refractivity contribution in [2.75, 3.05) is 18.9 Å². The van der Waals surface area contributed by atoms with Crippen LogP contribution in [0.5, 0.6) is 0 Å². The summed E-state index contributed by atoms with van der Waals surface area (Å²) in [4.78, 5) is 16.4. The number of amides is 1. The Hall–Kier alpha value is -1.62. The van der Waals surface area contributed by atoms with Crippen LogP contribution in [0, 0.1) is 0 Å². The van der Waals surface area contributed by atoms with Gasteiger partial charge < -0.3 is 15.8 Å². The molecule has 5 heteroatoms. The van der Waals surface area contributed by atoms with Crippen LogP contribution in [0.4, 0.5) is 5.82 Å². The first-order valence-electron chi connectivity index (χ1n) is 7.35. The highest BCUT2D eigenvalue weighted by Gasteiger charge is 2.15. The molecule has 1 aliphatic rings. The van der Waals surface area contributed by atoms with E-state index in [-0.39, 0.29) is 12.0 Å². The van der Waals surface area contributed by atoms with Crippen molar-refractivity contribution in [1.82, 2.24) is 10.3 Å². The summed E-state index contributed by atoms with van der Waals surface area (Å²) in [5, 5.41) is 2.92. The first-order valence-corrected chi connectivity index (χ1v) is 7.35. The van der Waals surface area contributed by atoms with E-state index in [4.69, 9.17) is 10.5 Å². The molecular weight excluding hydrogens is 254 g/mol. The van der Waals surface area contributed by atoms with E-state index in [9.17, 15) is 4.79 Å². The summed E-state index contributed by atoms with van der Waals surface area (Å²) in [5.74, 6) is 0.292. The summed E-state index contributed by atoms with van der Waals surface area (Å²) in [6.07, 6.45) is 5.25. The topological polar surface area (TPSA) is 77.2 Å². The van der Waals surface area contributed by atoms with Gasteiger partial charge in [-0.1, -0.05) is 13.3 Å². The van der Waals surface area contributed by atoms with E-state index in [1.165, 1.54) is 6.42 Å². The number of pyridine rings is 1. The van der Waals surface area contributed by atoms with Crippen LogP contribution in [0.3, 0.4) is 0 Å². The van der Waals surface area contributed by atoms with E-state index >= 15 is 0 Å². The lowest BCUT2D eigenvalue weighted by Gasteiger charge is -2.22. The summed E-state index contributed by atoms with van der Waals surface area (Å²) in [6.45, 7) is 3.43. The van der Waals surface area contributed by atoms with Crippen LogP contribution in [-0.2, 0) is 11.2 Å². The van der Waals surface area contributed by atoms with Gasteiger partial charge in [-0.3, -0.25) is 4.79 Å². The lowest BCUT2D eigenvalue weighted by atomic mass is 10.1. The Morgan fingerprint density at radius 1 is 1.50 bits per heavy atom. The quantitative estimate of drug-likeness (QED) is 0.862. The number of nitrogens with one attached hydrogen (secondary N) is 1. The minimum atomic E-state index is -0.106. The highest BCUT2D eigenvalue weighted by Crippen LogP contribution is 2.13. The zero-order chi connectivity index (χ0) is 14.4. The average molecular weight is 277 g/mol. The predicted molar refractivity (Wildman–Crippen MR) is 78.6 cm³/mol. The number of carbonyl (C=O) groups is 1. The number of nitrogen functional groups attached to an aromatic ring is 1. The molecule has 110 valence electrons. The molecular formula is C15H23N3O2. The van der Waals surface area contributed by atoms with Gasteiger partial charge in [0.15, 0.2) is 0 Å². The van der Waals surface area contributed by atoms with Crippen LogP contribution in [0.1, 0.15) is 48.7 Å².